The quantitative estimate of drug-likeness (QED) is 0.891. The van der Waals surface area contributed by atoms with Crippen LogP contribution < -0.4 is 0 Å². The Labute approximate surface area is 101 Å². The van der Waals surface area contributed by atoms with Crippen molar-refractivity contribution in [3.8, 4) is 11.3 Å². The van der Waals surface area contributed by atoms with Gasteiger partial charge in [0.25, 0.3) is 0 Å². The van der Waals surface area contributed by atoms with Gasteiger partial charge in [-0.3, -0.25) is 0 Å². The van der Waals surface area contributed by atoms with E-state index in [-0.39, 0.29) is 11.5 Å². The van der Waals surface area contributed by atoms with Crippen LogP contribution in [0.1, 0.15) is 10.5 Å². The van der Waals surface area contributed by atoms with Gasteiger partial charge in [-0.05, 0) is 36.4 Å². The second-order valence-corrected chi connectivity index (χ2v) is 3.75. The highest BCUT2D eigenvalue weighted by Gasteiger charge is 2.10. The Morgan fingerprint density at radius 1 is 1.18 bits per heavy atom. The van der Waals surface area contributed by atoms with E-state index in [1.807, 2.05) is 0 Å². The molecule has 0 amide bonds. The van der Waals surface area contributed by atoms with E-state index in [2.05, 4.69) is 4.98 Å². The van der Waals surface area contributed by atoms with Crippen molar-refractivity contribution in [2.24, 2.45) is 0 Å². The summed E-state index contributed by atoms with van der Waals surface area (Å²) in [4.78, 5) is 14.7. The van der Waals surface area contributed by atoms with E-state index in [4.69, 9.17) is 16.7 Å². The van der Waals surface area contributed by atoms with Gasteiger partial charge in [-0.15, -0.1) is 0 Å². The summed E-state index contributed by atoms with van der Waals surface area (Å²) in [5.41, 5.74) is 0.791. The topological polar surface area (TPSA) is 50.2 Å². The lowest BCUT2D eigenvalue weighted by Gasteiger charge is -2.04. The number of rotatable bonds is 2. The summed E-state index contributed by atoms with van der Waals surface area (Å²) in [6.45, 7) is 0. The molecule has 2 aromatic rings. The Balaban J connectivity index is 2.54. The van der Waals surface area contributed by atoms with Crippen molar-refractivity contribution in [1.82, 2.24) is 4.98 Å². The van der Waals surface area contributed by atoms with Crippen LogP contribution in [0.5, 0.6) is 0 Å². The Morgan fingerprint density at radius 3 is 2.41 bits per heavy atom. The predicted molar refractivity (Wildman–Crippen MR) is 61.6 cm³/mol. The number of carboxylic acid groups (broad SMARTS) is 1. The summed E-state index contributed by atoms with van der Waals surface area (Å²) < 4.78 is 12.8. The highest BCUT2D eigenvalue weighted by Crippen LogP contribution is 2.26. The number of halogens is 2. The largest absolute Gasteiger partial charge is 0.477 e. The molecule has 2 rings (SSSR count). The predicted octanol–water partition coefficient (Wildman–Crippen LogP) is 3.24. The molecule has 0 saturated heterocycles. The van der Waals surface area contributed by atoms with Crippen molar-refractivity contribution in [2.45, 2.75) is 0 Å². The number of carbonyl (C=O) groups is 1. The van der Waals surface area contributed by atoms with E-state index in [0.29, 0.717) is 16.3 Å². The molecule has 3 nitrogen and oxygen atoms in total. The average molecular weight is 252 g/mol. The fourth-order valence-electron chi connectivity index (χ4n) is 1.37. The fraction of sp³-hybridized carbons (Fsp3) is 0. The normalized spacial score (nSPS) is 10.2. The number of pyridine rings is 1. The second kappa shape index (κ2) is 4.51. The van der Waals surface area contributed by atoms with Crippen molar-refractivity contribution in [3.05, 3.63) is 52.9 Å². The zero-order valence-electron chi connectivity index (χ0n) is 8.52. The van der Waals surface area contributed by atoms with E-state index in [1.54, 1.807) is 0 Å². The Bertz CT molecular complexity index is 569. The first-order valence-electron chi connectivity index (χ1n) is 4.73. The van der Waals surface area contributed by atoms with E-state index in [9.17, 15) is 9.18 Å². The highest BCUT2D eigenvalue weighted by atomic mass is 35.5. The van der Waals surface area contributed by atoms with Crippen LogP contribution in [0.15, 0.2) is 36.4 Å². The maximum atomic E-state index is 12.8. The molecule has 0 saturated carbocycles. The van der Waals surface area contributed by atoms with Crippen molar-refractivity contribution in [3.63, 3.8) is 0 Å². The lowest BCUT2D eigenvalue weighted by molar-refractivity contribution is 0.0690. The van der Waals surface area contributed by atoms with Crippen LogP contribution in [0.4, 0.5) is 4.39 Å². The van der Waals surface area contributed by atoms with Gasteiger partial charge >= 0.3 is 5.97 Å². The minimum Gasteiger partial charge on any atom is -0.477 e. The molecule has 1 aromatic carbocycles. The third-order valence-electron chi connectivity index (χ3n) is 2.18. The third-order valence-corrected chi connectivity index (χ3v) is 2.49. The first-order chi connectivity index (χ1) is 8.08. The molecule has 0 aliphatic heterocycles. The first-order valence-corrected chi connectivity index (χ1v) is 5.11. The van der Waals surface area contributed by atoms with Crippen LogP contribution in [0, 0.1) is 5.82 Å². The fourth-order valence-corrected chi connectivity index (χ4v) is 1.59. The molecule has 1 N–H and O–H groups in total. The molecule has 17 heavy (non-hydrogen) atoms. The summed E-state index contributed by atoms with van der Waals surface area (Å²) in [5.74, 6) is -1.51. The molecule has 0 aliphatic carbocycles. The van der Waals surface area contributed by atoms with E-state index < -0.39 is 5.97 Å². The molecule has 0 fully saturated rings. The molecule has 0 atom stereocenters. The zero-order chi connectivity index (χ0) is 12.4. The summed E-state index contributed by atoms with van der Waals surface area (Å²) in [5, 5.41) is 9.15. The standard InChI is InChI=1S/C12H7ClFNO2/c13-9-5-6-10(12(16)17)15-11(9)7-1-3-8(14)4-2-7/h1-6H,(H,16,17). The van der Waals surface area contributed by atoms with Crippen LogP contribution in [0.25, 0.3) is 11.3 Å². The number of nitrogens with zero attached hydrogens (tertiary/aromatic N) is 1. The number of carboxylic acids is 1. The molecule has 1 aromatic heterocycles. The van der Waals surface area contributed by atoms with Crippen LogP contribution in [0.3, 0.4) is 0 Å². The molecule has 0 spiro atoms. The first kappa shape index (κ1) is 11.5. The molecular formula is C12H7ClFNO2. The zero-order valence-corrected chi connectivity index (χ0v) is 9.28. The minimum atomic E-state index is -1.13. The minimum absolute atomic E-state index is 0.103. The van der Waals surface area contributed by atoms with Gasteiger partial charge in [-0.1, -0.05) is 11.6 Å². The van der Waals surface area contributed by atoms with Crippen molar-refractivity contribution in [1.29, 1.82) is 0 Å². The van der Waals surface area contributed by atoms with Gasteiger partial charge in [0.2, 0.25) is 0 Å². The smallest absolute Gasteiger partial charge is 0.354 e. The van der Waals surface area contributed by atoms with Crippen LogP contribution in [-0.4, -0.2) is 16.1 Å². The maximum Gasteiger partial charge on any atom is 0.354 e. The van der Waals surface area contributed by atoms with E-state index in [1.165, 1.54) is 36.4 Å². The lowest BCUT2D eigenvalue weighted by atomic mass is 10.1. The summed E-state index contributed by atoms with van der Waals surface area (Å²) in [6, 6.07) is 8.29. The van der Waals surface area contributed by atoms with E-state index in [0.717, 1.165) is 0 Å². The highest BCUT2D eigenvalue weighted by molar-refractivity contribution is 6.33. The maximum absolute atomic E-state index is 12.8. The van der Waals surface area contributed by atoms with Gasteiger partial charge in [-0.2, -0.15) is 0 Å². The van der Waals surface area contributed by atoms with Crippen molar-refractivity contribution < 1.29 is 14.3 Å². The molecule has 86 valence electrons. The molecule has 0 unspecified atom stereocenters. The molecule has 0 bridgehead atoms. The number of hydrogen-bond donors (Lipinski definition) is 1. The monoisotopic (exact) mass is 251 g/mol. The summed E-state index contributed by atoms with van der Waals surface area (Å²) >= 11 is 5.93. The number of benzene rings is 1. The number of aromatic carboxylic acids is 1. The molecule has 0 radical (unpaired) electrons. The second-order valence-electron chi connectivity index (χ2n) is 3.34. The molecule has 5 heteroatoms. The summed E-state index contributed by atoms with van der Waals surface area (Å²) in [7, 11) is 0. The van der Waals surface area contributed by atoms with Gasteiger partial charge in [0.1, 0.15) is 11.5 Å². The lowest BCUT2D eigenvalue weighted by Crippen LogP contribution is -2.01. The number of aromatic nitrogens is 1. The molecular weight excluding hydrogens is 245 g/mol. The Morgan fingerprint density at radius 2 is 1.82 bits per heavy atom. The van der Waals surface area contributed by atoms with Crippen LogP contribution in [0.2, 0.25) is 5.02 Å². The van der Waals surface area contributed by atoms with Crippen molar-refractivity contribution in [2.75, 3.05) is 0 Å². The Hall–Kier alpha value is -1.94. The van der Waals surface area contributed by atoms with Gasteiger partial charge in [0.05, 0.1) is 10.7 Å². The molecule has 0 aliphatic rings. The average Bonchev–Trinajstić information content (AvgIpc) is 2.31. The van der Waals surface area contributed by atoms with Crippen LogP contribution in [-0.2, 0) is 0 Å². The van der Waals surface area contributed by atoms with Crippen molar-refractivity contribution >= 4 is 17.6 Å². The van der Waals surface area contributed by atoms with Gasteiger partial charge in [0, 0.05) is 5.56 Å². The van der Waals surface area contributed by atoms with Crippen LogP contribution >= 0.6 is 11.6 Å². The number of hydrogen-bond acceptors (Lipinski definition) is 2. The third kappa shape index (κ3) is 2.42. The van der Waals surface area contributed by atoms with Gasteiger partial charge in [0.15, 0.2) is 0 Å². The SMILES string of the molecule is O=C(O)c1ccc(Cl)c(-c2ccc(F)cc2)n1. The summed E-state index contributed by atoms with van der Waals surface area (Å²) in [6.07, 6.45) is 0. The Kier molecular flexibility index (Phi) is 3.06. The van der Waals surface area contributed by atoms with E-state index >= 15 is 0 Å². The van der Waals surface area contributed by atoms with Gasteiger partial charge in [-0.25, -0.2) is 14.2 Å². The van der Waals surface area contributed by atoms with Gasteiger partial charge < -0.3 is 5.11 Å². The molecule has 1 heterocycles.